The van der Waals surface area contributed by atoms with Crippen molar-refractivity contribution in [3.05, 3.63) is 17.2 Å². The van der Waals surface area contributed by atoms with Crippen LogP contribution in [0.2, 0.25) is 0 Å². The summed E-state index contributed by atoms with van der Waals surface area (Å²) in [6.07, 6.45) is 0.764. The first-order valence-electron chi connectivity index (χ1n) is 4.44. The van der Waals surface area contributed by atoms with Crippen molar-refractivity contribution in [1.29, 1.82) is 0 Å². The molecule has 0 saturated carbocycles. The lowest BCUT2D eigenvalue weighted by Crippen LogP contribution is -2.00. The van der Waals surface area contributed by atoms with Gasteiger partial charge >= 0.3 is 0 Å². The molecule has 4 nitrogen and oxygen atoms in total. The van der Waals surface area contributed by atoms with E-state index in [2.05, 4.69) is 0 Å². The number of hydrogen-bond donors (Lipinski definition) is 0. The summed E-state index contributed by atoms with van der Waals surface area (Å²) in [6.45, 7) is 1.80. The predicted octanol–water partition coefficient (Wildman–Crippen LogP) is 1.83. The van der Waals surface area contributed by atoms with Gasteiger partial charge in [-0.25, -0.2) is 0 Å². The molecule has 0 N–H and O–H groups in total. The van der Waals surface area contributed by atoms with Gasteiger partial charge in [0.25, 0.3) is 0 Å². The number of methoxy groups -OCH3 is 3. The number of benzene rings is 1. The molecule has 15 heavy (non-hydrogen) atoms. The van der Waals surface area contributed by atoms with Crippen molar-refractivity contribution < 1.29 is 19.0 Å². The summed E-state index contributed by atoms with van der Waals surface area (Å²) in [4.78, 5) is 10.8. The monoisotopic (exact) mass is 210 g/mol. The Hall–Kier alpha value is -1.71. The van der Waals surface area contributed by atoms with Crippen LogP contribution in [0, 0.1) is 6.92 Å². The summed E-state index contributed by atoms with van der Waals surface area (Å²) >= 11 is 0. The third-order valence-electron chi connectivity index (χ3n) is 2.25. The maximum absolute atomic E-state index is 10.8. The fourth-order valence-corrected chi connectivity index (χ4v) is 1.44. The topological polar surface area (TPSA) is 44.8 Å². The minimum absolute atomic E-state index is 0.488. The summed E-state index contributed by atoms with van der Waals surface area (Å²) in [5, 5.41) is 0. The second-order valence-electron chi connectivity index (χ2n) is 2.98. The van der Waals surface area contributed by atoms with Crippen LogP contribution in [0.25, 0.3) is 0 Å². The lowest BCUT2D eigenvalue weighted by molar-refractivity contribution is 0.112. The van der Waals surface area contributed by atoms with Crippen LogP contribution in [0.1, 0.15) is 15.9 Å². The van der Waals surface area contributed by atoms with Gasteiger partial charge in [0.1, 0.15) is 0 Å². The summed E-state index contributed by atoms with van der Waals surface area (Å²) < 4.78 is 15.5. The van der Waals surface area contributed by atoms with E-state index in [0.29, 0.717) is 22.8 Å². The molecule has 0 aliphatic heterocycles. The molecule has 0 bridgehead atoms. The lowest BCUT2D eigenvalue weighted by Gasteiger charge is -2.15. The van der Waals surface area contributed by atoms with Crippen molar-refractivity contribution >= 4 is 6.29 Å². The Morgan fingerprint density at radius 2 is 1.67 bits per heavy atom. The first-order chi connectivity index (χ1) is 7.19. The highest BCUT2D eigenvalue weighted by molar-refractivity contribution is 5.81. The molecule has 0 saturated heterocycles. The molecule has 0 aromatic heterocycles. The summed E-state index contributed by atoms with van der Waals surface area (Å²) in [6, 6.07) is 1.63. The molecule has 0 atom stereocenters. The Morgan fingerprint density at radius 1 is 1.07 bits per heavy atom. The van der Waals surface area contributed by atoms with Gasteiger partial charge in [-0.3, -0.25) is 4.79 Å². The van der Waals surface area contributed by atoms with E-state index in [1.807, 2.05) is 0 Å². The second kappa shape index (κ2) is 4.68. The van der Waals surface area contributed by atoms with E-state index < -0.39 is 0 Å². The fourth-order valence-electron chi connectivity index (χ4n) is 1.44. The van der Waals surface area contributed by atoms with Crippen molar-refractivity contribution in [1.82, 2.24) is 0 Å². The van der Waals surface area contributed by atoms with Crippen molar-refractivity contribution in [3.63, 3.8) is 0 Å². The molecule has 1 aromatic carbocycles. The van der Waals surface area contributed by atoms with Crippen molar-refractivity contribution in [2.24, 2.45) is 0 Å². The van der Waals surface area contributed by atoms with Crippen LogP contribution in [0.3, 0.4) is 0 Å². The molecule has 0 radical (unpaired) electrons. The average molecular weight is 210 g/mol. The molecule has 82 valence electrons. The zero-order valence-electron chi connectivity index (χ0n) is 9.29. The Kier molecular flexibility index (Phi) is 3.55. The van der Waals surface area contributed by atoms with Gasteiger partial charge in [-0.1, -0.05) is 0 Å². The van der Waals surface area contributed by atoms with Crippen LogP contribution >= 0.6 is 0 Å². The molecule has 0 heterocycles. The fraction of sp³-hybridized carbons (Fsp3) is 0.364. The van der Waals surface area contributed by atoms with Crippen LogP contribution in [-0.4, -0.2) is 27.6 Å². The number of carbonyl (C=O) groups is 1. The van der Waals surface area contributed by atoms with E-state index in [4.69, 9.17) is 14.2 Å². The van der Waals surface area contributed by atoms with Crippen LogP contribution < -0.4 is 14.2 Å². The maximum atomic E-state index is 10.8. The van der Waals surface area contributed by atoms with Gasteiger partial charge in [0.2, 0.25) is 5.75 Å². The predicted molar refractivity (Wildman–Crippen MR) is 56.2 cm³/mol. The van der Waals surface area contributed by atoms with E-state index in [9.17, 15) is 4.79 Å². The highest BCUT2D eigenvalue weighted by atomic mass is 16.5. The van der Waals surface area contributed by atoms with Gasteiger partial charge in [-0.2, -0.15) is 0 Å². The van der Waals surface area contributed by atoms with Crippen LogP contribution in [0.4, 0.5) is 0 Å². The average Bonchev–Trinajstić information content (AvgIpc) is 2.28. The van der Waals surface area contributed by atoms with Crippen molar-refractivity contribution in [2.45, 2.75) is 6.92 Å². The highest BCUT2D eigenvalue weighted by Crippen LogP contribution is 2.40. The molecule has 1 rings (SSSR count). The summed E-state index contributed by atoms with van der Waals surface area (Å²) in [5.74, 6) is 1.52. The largest absolute Gasteiger partial charge is 0.493 e. The van der Waals surface area contributed by atoms with Crippen molar-refractivity contribution in [3.8, 4) is 17.2 Å². The minimum Gasteiger partial charge on any atom is -0.493 e. The number of rotatable bonds is 4. The quantitative estimate of drug-likeness (QED) is 0.711. The van der Waals surface area contributed by atoms with Gasteiger partial charge in [-0.15, -0.1) is 0 Å². The lowest BCUT2D eigenvalue weighted by atomic mass is 10.1. The number of aldehydes is 1. The third-order valence-corrected chi connectivity index (χ3v) is 2.25. The van der Waals surface area contributed by atoms with E-state index in [0.717, 1.165) is 11.8 Å². The second-order valence-corrected chi connectivity index (χ2v) is 2.98. The standard InChI is InChI=1S/C11H14O4/c1-7-8(6-12)5-9(13-2)11(15-4)10(7)14-3/h5-6H,1-4H3. The summed E-state index contributed by atoms with van der Waals surface area (Å²) in [7, 11) is 4.57. The third kappa shape index (κ3) is 1.88. The zero-order valence-corrected chi connectivity index (χ0v) is 9.29. The number of ether oxygens (including phenoxy) is 3. The van der Waals surface area contributed by atoms with E-state index in [-0.39, 0.29) is 0 Å². The van der Waals surface area contributed by atoms with Gasteiger partial charge in [0.05, 0.1) is 21.3 Å². The van der Waals surface area contributed by atoms with Crippen molar-refractivity contribution in [2.75, 3.05) is 21.3 Å². The van der Waals surface area contributed by atoms with Gasteiger partial charge < -0.3 is 14.2 Å². The molecule has 0 unspecified atom stereocenters. The SMILES string of the molecule is COc1cc(C=O)c(C)c(OC)c1OC. The highest BCUT2D eigenvalue weighted by Gasteiger charge is 2.17. The molecule has 0 aliphatic rings. The van der Waals surface area contributed by atoms with Crippen LogP contribution in [0.15, 0.2) is 6.07 Å². The Balaban J connectivity index is 3.49. The van der Waals surface area contributed by atoms with Crippen LogP contribution in [0.5, 0.6) is 17.2 Å². The molecule has 0 fully saturated rings. The zero-order chi connectivity index (χ0) is 11.4. The maximum Gasteiger partial charge on any atom is 0.203 e. The number of carbonyl (C=O) groups excluding carboxylic acids is 1. The van der Waals surface area contributed by atoms with E-state index in [1.54, 1.807) is 13.0 Å². The minimum atomic E-state index is 0.488. The summed E-state index contributed by atoms with van der Waals surface area (Å²) in [5.41, 5.74) is 1.27. The molecule has 1 aromatic rings. The molecule has 0 amide bonds. The molecule has 0 spiro atoms. The van der Waals surface area contributed by atoms with Gasteiger partial charge in [0, 0.05) is 11.1 Å². The van der Waals surface area contributed by atoms with Gasteiger partial charge in [0.15, 0.2) is 17.8 Å². The molecular formula is C11H14O4. The normalized spacial score (nSPS) is 9.60. The Labute approximate surface area is 88.8 Å². The van der Waals surface area contributed by atoms with Crippen LogP contribution in [-0.2, 0) is 0 Å². The first-order valence-corrected chi connectivity index (χ1v) is 4.44. The van der Waals surface area contributed by atoms with Gasteiger partial charge in [-0.05, 0) is 13.0 Å². The molecule has 4 heteroatoms. The number of hydrogen-bond acceptors (Lipinski definition) is 4. The van der Waals surface area contributed by atoms with E-state index in [1.165, 1.54) is 21.3 Å². The first kappa shape index (κ1) is 11.4. The van der Waals surface area contributed by atoms with E-state index >= 15 is 0 Å². The molecular weight excluding hydrogens is 196 g/mol. The Bertz CT molecular complexity index is 371. The Morgan fingerprint density at radius 3 is 2.07 bits per heavy atom. The smallest absolute Gasteiger partial charge is 0.203 e. The molecule has 0 aliphatic carbocycles.